The SMILES string of the molecule is CC1(C)c2ccccc2-c2nc(-n3c4ccccc4c4cc5ccccc5cc43)nc(-c3ccc4c(c3)-c3ccccc3C43c4ccccc4-c4ccccc43)c21. The van der Waals surface area contributed by atoms with Crippen LogP contribution in [-0.2, 0) is 10.8 Å². The van der Waals surface area contributed by atoms with Gasteiger partial charge >= 0.3 is 0 Å². The first-order valence-corrected chi connectivity index (χ1v) is 19.9. The first-order valence-electron chi connectivity index (χ1n) is 19.9. The van der Waals surface area contributed by atoms with E-state index in [0.717, 1.165) is 28.0 Å². The van der Waals surface area contributed by atoms with Crippen LogP contribution >= 0.6 is 0 Å². The molecule has 0 N–H and O–H groups in total. The van der Waals surface area contributed by atoms with Gasteiger partial charge in [-0.25, -0.2) is 9.97 Å². The molecule has 10 aromatic rings. The molecule has 0 atom stereocenters. The Morgan fingerprint density at radius 1 is 0.404 bits per heavy atom. The molecular weight excluding hydrogens is 691 g/mol. The highest BCUT2D eigenvalue weighted by molar-refractivity contribution is 6.13. The smallest absolute Gasteiger partial charge is 0.235 e. The van der Waals surface area contributed by atoms with E-state index in [1.807, 2.05) is 0 Å². The van der Waals surface area contributed by atoms with Crippen molar-refractivity contribution in [3.05, 3.63) is 209 Å². The van der Waals surface area contributed by atoms with Gasteiger partial charge in [0.1, 0.15) is 0 Å². The fourth-order valence-corrected chi connectivity index (χ4v) is 11.0. The summed E-state index contributed by atoms with van der Waals surface area (Å²) in [7, 11) is 0. The molecule has 0 saturated heterocycles. The van der Waals surface area contributed by atoms with Crippen molar-refractivity contribution < 1.29 is 0 Å². The van der Waals surface area contributed by atoms with Crippen molar-refractivity contribution >= 4 is 32.6 Å². The Kier molecular flexibility index (Phi) is 5.90. The van der Waals surface area contributed by atoms with Crippen molar-refractivity contribution in [2.75, 3.05) is 0 Å². The quantitative estimate of drug-likeness (QED) is 0.178. The lowest BCUT2D eigenvalue weighted by Crippen LogP contribution is -2.25. The van der Waals surface area contributed by atoms with E-state index in [4.69, 9.17) is 9.97 Å². The van der Waals surface area contributed by atoms with E-state index in [0.29, 0.717) is 5.95 Å². The molecule has 1 spiro atoms. The first kappa shape index (κ1) is 31.1. The summed E-state index contributed by atoms with van der Waals surface area (Å²) in [6.07, 6.45) is 0. The summed E-state index contributed by atoms with van der Waals surface area (Å²) in [4.78, 5) is 11.3. The van der Waals surface area contributed by atoms with E-state index >= 15 is 0 Å². The molecule has 3 nitrogen and oxygen atoms in total. The fraction of sp³-hybridized carbons (Fsp3) is 0.0741. The summed E-state index contributed by atoms with van der Waals surface area (Å²) in [6, 6.07) is 65.0. The van der Waals surface area contributed by atoms with Crippen LogP contribution in [0.4, 0.5) is 0 Å². The third-order valence-electron chi connectivity index (χ3n) is 13.4. The minimum Gasteiger partial charge on any atom is -0.278 e. The lowest BCUT2D eigenvalue weighted by atomic mass is 9.70. The molecule has 0 radical (unpaired) electrons. The van der Waals surface area contributed by atoms with Crippen LogP contribution in [0.15, 0.2) is 176 Å². The Morgan fingerprint density at radius 3 is 1.63 bits per heavy atom. The van der Waals surface area contributed by atoms with Crippen molar-refractivity contribution in [3.63, 3.8) is 0 Å². The maximum absolute atomic E-state index is 5.71. The van der Waals surface area contributed by atoms with Crippen LogP contribution in [0.1, 0.15) is 47.2 Å². The number of rotatable bonds is 2. The van der Waals surface area contributed by atoms with Gasteiger partial charge in [-0.15, -0.1) is 0 Å². The maximum Gasteiger partial charge on any atom is 0.235 e. The van der Waals surface area contributed by atoms with Crippen molar-refractivity contribution in [1.82, 2.24) is 14.5 Å². The minimum atomic E-state index is -0.391. The van der Waals surface area contributed by atoms with Crippen LogP contribution in [0.5, 0.6) is 0 Å². The Morgan fingerprint density at radius 2 is 0.930 bits per heavy atom. The third-order valence-corrected chi connectivity index (χ3v) is 13.4. The van der Waals surface area contributed by atoms with E-state index in [9.17, 15) is 0 Å². The van der Waals surface area contributed by atoms with Crippen LogP contribution in [-0.4, -0.2) is 14.5 Å². The third kappa shape index (κ3) is 3.82. The van der Waals surface area contributed by atoms with Gasteiger partial charge in [0.2, 0.25) is 5.95 Å². The molecule has 3 heteroatoms. The van der Waals surface area contributed by atoms with Gasteiger partial charge in [0.25, 0.3) is 0 Å². The minimum absolute atomic E-state index is 0.307. The summed E-state index contributed by atoms with van der Waals surface area (Å²) >= 11 is 0. The van der Waals surface area contributed by atoms with Crippen LogP contribution in [0.25, 0.3) is 83.3 Å². The Balaban J connectivity index is 1.12. The molecule has 0 saturated carbocycles. The molecular formula is C54H35N3. The Hall–Kier alpha value is -7.10. The molecule has 2 heterocycles. The van der Waals surface area contributed by atoms with Gasteiger partial charge in [0, 0.05) is 32.9 Å². The van der Waals surface area contributed by atoms with Crippen LogP contribution in [0, 0.1) is 0 Å². The van der Waals surface area contributed by atoms with E-state index in [1.54, 1.807) is 0 Å². The zero-order valence-electron chi connectivity index (χ0n) is 31.6. The van der Waals surface area contributed by atoms with Crippen molar-refractivity contribution in [2.45, 2.75) is 24.7 Å². The van der Waals surface area contributed by atoms with Crippen molar-refractivity contribution in [1.29, 1.82) is 0 Å². The molecule has 0 aliphatic heterocycles. The lowest BCUT2D eigenvalue weighted by molar-refractivity contribution is 0.657. The standard InChI is InChI=1S/C54H35N3/c1-53(2)42-22-10-8-21-39(42)51-49(53)50(55-52(56-51)57-47-26-14-9-20-38(47)41-29-32-15-3-4-16-33(32)31-48(41)57)34-27-28-46-40(30-34)37-19-7-13-25-45(37)54(46)43-23-11-5-17-35(43)36-18-6-12-24-44(36)54/h3-31H,1-2H3. The van der Waals surface area contributed by atoms with Crippen LogP contribution in [0.2, 0.25) is 0 Å². The predicted octanol–water partition coefficient (Wildman–Crippen LogP) is 13.0. The van der Waals surface area contributed by atoms with Gasteiger partial charge in [-0.05, 0) is 85.1 Å². The molecule has 3 aliphatic rings. The monoisotopic (exact) mass is 725 g/mol. The highest BCUT2D eigenvalue weighted by Gasteiger charge is 2.51. The molecule has 0 fully saturated rings. The summed E-state index contributed by atoms with van der Waals surface area (Å²) in [5.41, 5.74) is 18.8. The molecule has 3 aliphatic carbocycles. The van der Waals surface area contributed by atoms with E-state index < -0.39 is 5.41 Å². The maximum atomic E-state index is 5.71. The summed E-state index contributed by atoms with van der Waals surface area (Å²) in [5, 5.41) is 4.82. The van der Waals surface area contributed by atoms with E-state index in [-0.39, 0.29) is 5.41 Å². The average Bonchev–Trinajstić information content (AvgIpc) is 3.92. The molecule has 2 aromatic heterocycles. The fourth-order valence-electron chi connectivity index (χ4n) is 11.0. The molecule has 0 unspecified atom stereocenters. The van der Waals surface area contributed by atoms with E-state index in [1.165, 1.54) is 82.7 Å². The second-order valence-corrected chi connectivity index (χ2v) is 16.5. The first-order chi connectivity index (χ1) is 28.0. The second kappa shape index (κ2) is 10.8. The van der Waals surface area contributed by atoms with Gasteiger partial charge in [0.05, 0.1) is 27.8 Å². The number of nitrogens with zero attached hydrogens (tertiary/aromatic N) is 3. The average molecular weight is 726 g/mol. The normalized spacial score (nSPS) is 14.8. The summed E-state index contributed by atoms with van der Waals surface area (Å²) < 4.78 is 2.29. The zero-order chi connectivity index (χ0) is 37.6. The number of aromatic nitrogens is 3. The zero-order valence-corrected chi connectivity index (χ0v) is 31.6. The number of hydrogen-bond acceptors (Lipinski definition) is 2. The van der Waals surface area contributed by atoms with Gasteiger partial charge < -0.3 is 0 Å². The van der Waals surface area contributed by atoms with Gasteiger partial charge in [-0.1, -0.05) is 166 Å². The van der Waals surface area contributed by atoms with E-state index in [2.05, 4.69) is 194 Å². The van der Waals surface area contributed by atoms with Crippen LogP contribution in [0.3, 0.4) is 0 Å². The Labute approximate surface area is 330 Å². The van der Waals surface area contributed by atoms with Gasteiger partial charge in [-0.3, -0.25) is 4.57 Å². The number of fused-ring (bicyclic) bond motifs is 17. The highest BCUT2D eigenvalue weighted by Crippen LogP contribution is 2.63. The molecule has 0 bridgehead atoms. The van der Waals surface area contributed by atoms with Crippen molar-refractivity contribution in [3.8, 4) is 50.7 Å². The summed E-state index contributed by atoms with van der Waals surface area (Å²) in [5.74, 6) is 0.689. The molecule has 13 rings (SSSR count). The molecule has 8 aromatic carbocycles. The summed E-state index contributed by atoms with van der Waals surface area (Å²) in [6.45, 7) is 4.67. The predicted molar refractivity (Wildman–Crippen MR) is 233 cm³/mol. The van der Waals surface area contributed by atoms with Crippen LogP contribution < -0.4 is 0 Å². The second-order valence-electron chi connectivity index (χ2n) is 16.5. The molecule has 57 heavy (non-hydrogen) atoms. The number of para-hydroxylation sites is 1. The largest absolute Gasteiger partial charge is 0.278 e. The number of benzene rings is 8. The Bertz CT molecular complexity index is 3350. The topological polar surface area (TPSA) is 30.7 Å². The lowest BCUT2D eigenvalue weighted by Gasteiger charge is -2.30. The van der Waals surface area contributed by atoms with Gasteiger partial charge in [-0.2, -0.15) is 0 Å². The van der Waals surface area contributed by atoms with Gasteiger partial charge in [0.15, 0.2) is 0 Å². The molecule has 0 amide bonds. The highest BCUT2D eigenvalue weighted by atomic mass is 15.2. The number of hydrogen-bond donors (Lipinski definition) is 0. The molecule has 266 valence electrons. The van der Waals surface area contributed by atoms with Crippen molar-refractivity contribution in [2.24, 2.45) is 0 Å².